The maximum absolute atomic E-state index is 12.8. The topological polar surface area (TPSA) is 96.3 Å². The van der Waals surface area contributed by atoms with E-state index in [1.807, 2.05) is 0 Å². The Kier molecular flexibility index (Phi) is 5.65. The second kappa shape index (κ2) is 8.14. The Hall–Kier alpha value is -3.32. The zero-order valence-electron chi connectivity index (χ0n) is 15.6. The van der Waals surface area contributed by atoms with Gasteiger partial charge in [-0.3, -0.25) is 9.59 Å². The molecule has 2 N–H and O–H groups in total. The van der Waals surface area contributed by atoms with Crippen molar-refractivity contribution >= 4 is 17.4 Å². The smallest absolute Gasteiger partial charge is 0.295 e. The minimum absolute atomic E-state index is 0.00351. The molecule has 3 rings (SSSR count). The Labute approximate surface area is 162 Å². The third-order valence-corrected chi connectivity index (χ3v) is 4.61. The highest BCUT2D eigenvalue weighted by atomic mass is 16.5. The van der Waals surface area contributed by atoms with Gasteiger partial charge in [0.2, 0.25) is 0 Å². The van der Waals surface area contributed by atoms with E-state index in [9.17, 15) is 19.8 Å². The number of aliphatic hydroxyl groups excluding tert-OH is 1. The molecule has 1 fully saturated rings. The molecule has 2 aromatic rings. The molecule has 0 aromatic heterocycles. The number of ketones is 1. The van der Waals surface area contributed by atoms with Crippen LogP contribution >= 0.6 is 0 Å². The molecule has 0 saturated carbocycles. The summed E-state index contributed by atoms with van der Waals surface area (Å²) in [6, 6.07) is 12.0. The first kappa shape index (κ1) is 19.4. The van der Waals surface area contributed by atoms with Crippen molar-refractivity contribution < 1.29 is 29.3 Å². The molecule has 2 aromatic carbocycles. The van der Waals surface area contributed by atoms with Crippen LogP contribution in [0.5, 0.6) is 11.5 Å². The monoisotopic (exact) mass is 383 g/mol. The van der Waals surface area contributed by atoms with E-state index in [4.69, 9.17) is 9.47 Å². The summed E-state index contributed by atoms with van der Waals surface area (Å²) in [7, 11) is 2.99. The van der Waals surface area contributed by atoms with Crippen LogP contribution in [0.15, 0.2) is 54.1 Å². The number of amides is 1. The van der Waals surface area contributed by atoms with Gasteiger partial charge in [-0.15, -0.1) is 0 Å². The fourth-order valence-electron chi connectivity index (χ4n) is 3.27. The van der Waals surface area contributed by atoms with Crippen molar-refractivity contribution in [2.24, 2.45) is 0 Å². The van der Waals surface area contributed by atoms with Gasteiger partial charge in [-0.25, -0.2) is 0 Å². The predicted molar refractivity (Wildman–Crippen MR) is 102 cm³/mol. The van der Waals surface area contributed by atoms with Gasteiger partial charge in [0.15, 0.2) is 0 Å². The van der Waals surface area contributed by atoms with E-state index in [1.165, 1.54) is 31.3 Å². The average Bonchev–Trinajstić information content (AvgIpc) is 2.96. The van der Waals surface area contributed by atoms with Gasteiger partial charge in [-0.1, -0.05) is 24.3 Å². The summed E-state index contributed by atoms with van der Waals surface area (Å²) in [5.74, 6) is -1.31. The standard InChI is InChI=1S/C21H21NO6/c1-27-10-9-22-18(13-5-3-7-15(23)11-13)17(20(25)21(22)26)19(24)14-6-4-8-16(12-14)28-2/h3-8,11-12,18,23-24H,9-10H2,1-2H3/b19-17-. The van der Waals surface area contributed by atoms with Crippen molar-refractivity contribution in [3.63, 3.8) is 0 Å². The Balaban J connectivity index is 2.17. The molecule has 28 heavy (non-hydrogen) atoms. The van der Waals surface area contributed by atoms with Gasteiger partial charge in [0, 0.05) is 19.2 Å². The highest BCUT2D eigenvalue weighted by molar-refractivity contribution is 6.46. The number of hydrogen-bond donors (Lipinski definition) is 2. The van der Waals surface area contributed by atoms with E-state index in [0.29, 0.717) is 16.9 Å². The van der Waals surface area contributed by atoms with E-state index < -0.39 is 17.7 Å². The maximum Gasteiger partial charge on any atom is 0.295 e. The lowest BCUT2D eigenvalue weighted by Gasteiger charge is -2.25. The lowest BCUT2D eigenvalue weighted by atomic mass is 9.95. The lowest BCUT2D eigenvalue weighted by Crippen LogP contribution is -2.32. The molecule has 0 spiro atoms. The number of likely N-dealkylation sites (tertiary alicyclic amines) is 1. The highest BCUT2D eigenvalue weighted by Crippen LogP contribution is 2.40. The third-order valence-electron chi connectivity index (χ3n) is 4.61. The average molecular weight is 383 g/mol. The number of aliphatic hydroxyl groups is 1. The number of nitrogens with zero attached hydrogens (tertiary/aromatic N) is 1. The van der Waals surface area contributed by atoms with Crippen LogP contribution in [0.3, 0.4) is 0 Å². The molecule has 0 bridgehead atoms. The van der Waals surface area contributed by atoms with Crippen molar-refractivity contribution in [1.82, 2.24) is 4.90 Å². The molecule has 1 unspecified atom stereocenters. The predicted octanol–water partition coefficient (Wildman–Crippen LogP) is 2.47. The number of rotatable bonds is 6. The largest absolute Gasteiger partial charge is 0.508 e. The Morgan fingerprint density at radius 3 is 2.54 bits per heavy atom. The van der Waals surface area contributed by atoms with Crippen LogP contribution in [0.25, 0.3) is 5.76 Å². The summed E-state index contributed by atoms with van der Waals surface area (Å²) in [5.41, 5.74) is 0.828. The summed E-state index contributed by atoms with van der Waals surface area (Å²) in [6.07, 6.45) is 0. The first-order valence-electron chi connectivity index (χ1n) is 8.68. The fourth-order valence-corrected chi connectivity index (χ4v) is 3.27. The third kappa shape index (κ3) is 3.57. The minimum Gasteiger partial charge on any atom is -0.508 e. The summed E-state index contributed by atoms with van der Waals surface area (Å²) < 4.78 is 10.2. The number of carbonyl (C=O) groups is 2. The van der Waals surface area contributed by atoms with Crippen molar-refractivity contribution in [3.05, 3.63) is 65.2 Å². The molecular formula is C21H21NO6. The summed E-state index contributed by atoms with van der Waals surface area (Å²) in [6.45, 7) is 0.387. The number of Topliss-reactive ketones (excluding diaryl/α,β-unsaturated/α-hetero) is 1. The van der Waals surface area contributed by atoms with Crippen LogP contribution in [0.1, 0.15) is 17.2 Å². The van der Waals surface area contributed by atoms with Crippen LogP contribution in [0.4, 0.5) is 0 Å². The first-order chi connectivity index (χ1) is 13.5. The Morgan fingerprint density at radius 1 is 1.11 bits per heavy atom. The van der Waals surface area contributed by atoms with Gasteiger partial charge in [-0.2, -0.15) is 0 Å². The maximum atomic E-state index is 12.8. The SMILES string of the molecule is COCCN1C(=O)C(=O)/C(=C(\O)c2cccc(OC)c2)C1c1cccc(O)c1. The molecule has 146 valence electrons. The van der Waals surface area contributed by atoms with Crippen molar-refractivity contribution in [2.45, 2.75) is 6.04 Å². The second-order valence-corrected chi connectivity index (χ2v) is 6.31. The Morgan fingerprint density at radius 2 is 1.86 bits per heavy atom. The fraction of sp³-hybridized carbons (Fsp3) is 0.238. The van der Waals surface area contributed by atoms with Crippen LogP contribution in [0.2, 0.25) is 0 Å². The van der Waals surface area contributed by atoms with Gasteiger partial charge < -0.3 is 24.6 Å². The number of benzene rings is 2. The molecule has 1 aliphatic rings. The van der Waals surface area contributed by atoms with Crippen molar-refractivity contribution in [2.75, 3.05) is 27.4 Å². The van der Waals surface area contributed by atoms with Gasteiger partial charge in [0.05, 0.1) is 25.3 Å². The van der Waals surface area contributed by atoms with Gasteiger partial charge in [0.1, 0.15) is 17.3 Å². The van der Waals surface area contributed by atoms with Crippen LogP contribution in [0, 0.1) is 0 Å². The summed E-state index contributed by atoms with van der Waals surface area (Å²) in [5, 5.41) is 20.8. The first-order valence-corrected chi connectivity index (χ1v) is 8.68. The molecule has 1 amide bonds. The number of carbonyl (C=O) groups excluding carboxylic acids is 2. The van der Waals surface area contributed by atoms with E-state index in [-0.39, 0.29) is 30.2 Å². The van der Waals surface area contributed by atoms with Gasteiger partial charge in [-0.05, 0) is 29.8 Å². The zero-order chi connectivity index (χ0) is 20.3. The van der Waals surface area contributed by atoms with E-state index >= 15 is 0 Å². The number of phenols is 1. The molecule has 1 atom stereocenters. The van der Waals surface area contributed by atoms with Crippen molar-refractivity contribution in [3.8, 4) is 11.5 Å². The number of methoxy groups -OCH3 is 2. The van der Waals surface area contributed by atoms with Crippen molar-refractivity contribution in [1.29, 1.82) is 0 Å². The molecule has 0 radical (unpaired) electrons. The molecule has 7 nitrogen and oxygen atoms in total. The van der Waals surface area contributed by atoms with Crippen LogP contribution in [-0.2, 0) is 14.3 Å². The summed E-state index contributed by atoms with van der Waals surface area (Å²) >= 11 is 0. The molecule has 0 aliphatic carbocycles. The molecule has 1 aliphatic heterocycles. The zero-order valence-corrected chi connectivity index (χ0v) is 15.6. The molecular weight excluding hydrogens is 362 g/mol. The Bertz CT molecular complexity index is 936. The lowest BCUT2D eigenvalue weighted by molar-refractivity contribution is -0.140. The van der Waals surface area contributed by atoms with Crippen LogP contribution in [-0.4, -0.2) is 54.2 Å². The normalized spacial score (nSPS) is 18.5. The number of phenolic OH excluding ortho intramolecular Hbond substituents is 1. The number of ether oxygens (including phenoxy) is 2. The quantitative estimate of drug-likeness (QED) is 0.452. The molecule has 7 heteroatoms. The molecule has 1 heterocycles. The van der Waals surface area contributed by atoms with E-state index in [0.717, 1.165) is 0 Å². The van der Waals surface area contributed by atoms with Crippen LogP contribution < -0.4 is 4.74 Å². The van der Waals surface area contributed by atoms with Gasteiger partial charge >= 0.3 is 0 Å². The molecule has 1 saturated heterocycles. The van der Waals surface area contributed by atoms with E-state index in [1.54, 1.807) is 36.4 Å². The summed E-state index contributed by atoms with van der Waals surface area (Å²) in [4.78, 5) is 26.8. The number of hydrogen-bond acceptors (Lipinski definition) is 6. The minimum atomic E-state index is -0.839. The van der Waals surface area contributed by atoms with E-state index in [2.05, 4.69) is 0 Å². The second-order valence-electron chi connectivity index (χ2n) is 6.31. The number of aromatic hydroxyl groups is 1. The highest BCUT2D eigenvalue weighted by Gasteiger charge is 2.45. The van der Waals surface area contributed by atoms with Gasteiger partial charge in [0.25, 0.3) is 11.7 Å².